The zero-order valence-corrected chi connectivity index (χ0v) is 13.5. The summed E-state index contributed by atoms with van der Waals surface area (Å²) in [6.45, 7) is 5.70. The standard InChI is InChI=1S/C12H16F3N3.C2H6.CH5N/c13-12(14,15)9-4-5-11(17-7-9)18-8-10-3-1-2-6-16-10;2*1-2/h4-5,7,10,16H,1-3,6,8H2,(H,17,18);1-2H3;2H2,1H3. The van der Waals surface area contributed by atoms with Crippen LogP contribution in [0.4, 0.5) is 19.0 Å². The molecule has 0 spiro atoms. The second-order valence-electron chi connectivity index (χ2n) is 4.46. The second kappa shape index (κ2) is 11.3. The van der Waals surface area contributed by atoms with E-state index in [1.165, 1.54) is 26.0 Å². The van der Waals surface area contributed by atoms with Gasteiger partial charge in [0.05, 0.1) is 5.56 Å². The molecule has 0 amide bonds. The van der Waals surface area contributed by atoms with E-state index in [4.69, 9.17) is 0 Å². The van der Waals surface area contributed by atoms with Crippen molar-refractivity contribution in [3.8, 4) is 0 Å². The van der Waals surface area contributed by atoms with E-state index in [9.17, 15) is 13.2 Å². The number of alkyl halides is 3. The van der Waals surface area contributed by atoms with Crippen molar-refractivity contribution in [3.05, 3.63) is 23.9 Å². The van der Waals surface area contributed by atoms with Crippen LogP contribution in [-0.2, 0) is 6.18 Å². The Balaban J connectivity index is 0.00000102. The first-order valence-electron chi connectivity index (χ1n) is 7.64. The Morgan fingerprint density at radius 2 is 1.95 bits per heavy atom. The molecule has 0 saturated carbocycles. The first-order valence-corrected chi connectivity index (χ1v) is 7.64. The molecule has 128 valence electrons. The predicted octanol–water partition coefficient (Wildman–Crippen LogP) is 3.26. The Hall–Kier alpha value is -1.34. The third kappa shape index (κ3) is 7.61. The van der Waals surface area contributed by atoms with Gasteiger partial charge in [0, 0.05) is 18.8 Å². The van der Waals surface area contributed by atoms with Crippen LogP contribution in [0.1, 0.15) is 38.7 Å². The lowest BCUT2D eigenvalue weighted by molar-refractivity contribution is -0.137. The maximum absolute atomic E-state index is 12.3. The molecule has 1 atom stereocenters. The quantitative estimate of drug-likeness (QED) is 0.800. The summed E-state index contributed by atoms with van der Waals surface area (Å²) in [7, 11) is 1.50. The molecule has 1 fully saturated rings. The molecule has 7 heteroatoms. The number of nitrogens with zero attached hydrogens (tertiary/aromatic N) is 1. The molecular weight excluding hydrogens is 293 g/mol. The van der Waals surface area contributed by atoms with Gasteiger partial charge >= 0.3 is 6.18 Å². The Morgan fingerprint density at radius 3 is 2.41 bits per heavy atom. The molecule has 1 aliphatic rings. The minimum atomic E-state index is -4.32. The van der Waals surface area contributed by atoms with Gasteiger partial charge in [0.2, 0.25) is 0 Å². The number of hydrogen-bond acceptors (Lipinski definition) is 4. The minimum Gasteiger partial charge on any atom is -0.369 e. The number of aromatic nitrogens is 1. The Kier molecular flexibility index (Phi) is 10.6. The SMILES string of the molecule is CC.CN.FC(F)(F)c1ccc(NCC2CCCCN2)nc1. The second-order valence-corrected chi connectivity index (χ2v) is 4.46. The van der Waals surface area contributed by atoms with Gasteiger partial charge in [-0.2, -0.15) is 13.2 Å². The molecule has 1 aliphatic heterocycles. The highest BCUT2D eigenvalue weighted by molar-refractivity contribution is 5.36. The molecule has 2 heterocycles. The van der Waals surface area contributed by atoms with Crippen molar-refractivity contribution >= 4 is 5.82 Å². The molecule has 4 N–H and O–H groups in total. The zero-order chi connectivity index (χ0) is 17.0. The van der Waals surface area contributed by atoms with Crippen LogP contribution in [0.2, 0.25) is 0 Å². The number of piperidine rings is 1. The van der Waals surface area contributed by atoms with Crippen LogP contribution < -0.4 is 16.4 Å². The lowest BCUT2D eigenvalue weighted by Crippen LogP contribution is -2.39. The summed E-state index contributed by atoms with van der Waals surface area (Å²) in [5.41, 5.74) is 3.78. The largest absolute Gasteiger partial charge is 0.417 e. The average Bonchev–Trinajstić information content (AvgIpc) is 2.57. The molecule has 0 radical (unpaired) electrons. The van der Waals surface area contributed by atoms with E-state index in [1.807, 2.05) is 13.8 Å². The maximum Gasteiger partial charge on any atom is 0.417 e. The van der Waals surface area contributed by atoms with Gasteiger partial charge in [0.25, 0.3) is 0 Å². The molecule has 1 aromatic rings. The van der Waals surface area contributed by atoms with E-state index in [1.54, 1.807) is 0 Å². The molecule has 22 heavy (non-hydrogen) atoms. The topological polar surface area (TPSA) is 63.0 Å². The van der Waals surface area contributed by atoms with Gasteiger partial charge in [-0.25, -0.2) is 4.98 Å². The number of nitrogens with one attached hydrogen (secondary N) is 2. The highest BCUT2D eigenvalue weighted by Crippen LogP contribution is 2.28. The fourth-order valence-electron chi connectivity index (χ4n) is 1.99. The van der Waals surface area contributed by atoms with Gasteiger partial charge in [0.15, 0.2) is 0 Å². The molecule has 4 nitrogen and oxygen atoms in total. The van der Waals surface area contributed by atoms with E-state index in [-0.39, 0.29) is 0 Å². The Bertz CT molecular complexity index is 373. The summed E-state index contributed by atoms with van der Waals surface area (Å²) in [6, 6.07) is 2.79. The van der Waals surface area contributed by atoms with Crippen molar-refractivity contribution in [2.75, 3.05) is 25.5 Å². The molecule has 1 aromatic heterocycles. The smallest absolute Gasteiger partial charge is 0.369 e. The lowest BCUT2D eigenvalue weighted by Gasteiger charge is -2.23. The van der Waals surface area contributed by atoms with Crippen LogP contribution in [0, 0.1) is 0 Å². The highest BCUT2D eigenvalue weighted by Gasteiger charge is 2.30. The summed E-state index contributed by atoms with van der Waals surface area (Å²) < 4.78 is 37.0. The third-order valence-electron chi connectivity index (χ3n) is 3.03. The molecule has 1 saturated heterocycles. The number of nitrogens with two attached hydrogens (primary N) is 1. The van der Waals surface area contributed by atoms with Crippen LogP contribution in [-0.4, -0.2) is 31.2 Å². The normalized spacial score (nSPS) is 17.5. The molecule has 0 bridgehead atoms. The van der Waals surface area contributed by atoms with Gasteiger partial charge in [-0.05, 0) is 38.6 Å². The van der Waals surface area contributed by atoms with E-state index < -0.39 is 11.7 Å². The van der Waals surface area contributed by atoms with Crippen molar-refractivity contribution in [3.63, 3.8) is 0 Å². The van der Waals surface area contributed by atoms with Crippen molar-refractivity contribution in [1.82, 2.24) is 10.3 Å². The van der Waals surface area contributed by atoms with E-state index in [2.05, 4.69) is 21.4 Å². The van der Waals surface area contributed by atoms with Gasteiger partial charge in [0.1, 0.15) is 5.82 Å². The molecule has 0 aromatic carbocycles. The van der Waals surface area contributed by atoms with Crippen LogP contribution in [0.15, 0.2) is 18.3 Å². The summed E-state index contributed by atoms with van der Waals surface area (Å²) >= 11 is 0. The third-order valence-corrected chi connectivity index (χ3v) is 3.03. The fourth-order valence-corrected chi connectivity index (χ4v) is 1.99. The van der Waals surface area contributed by atoms with E-state index in [0.29, 0.717) is 18.4 Å². The van der Waals surface area contributed by atoms with Crippen molar-refractivity contribution in [1.29, 1.82) is 0 Å². The predicted molar refractivity (Wildman–Crippen MR) is 84.8 cm³/mol. The lowest BCUT2D eigenvalue weighted by atomic mass is 10.1. The minimum absolute atomic E-state index is 0.378. The van der Waals surface area contributed by atoms with Gasteiger partial charge in [-0.1, -0.05) is 20.3 Å². The molecular formula is C15H27F3N4. The zero-order valence-electron chi connectivity index (χ0n) is 13.5. The van der Waals surface area contributed by atoms with Crippen LogP contribution >= 0.6 is 0 Å². The first kappa shape index (κ1) is 20.7. The van der Waals surface area contributed by atoms with Crippen LogP contribution in [0.5, 0.6) is 0 Å². The number of hydrogen-bond donors (Lipinski definition) is 3. The van der Waals surface area contributed by atoms with Gasteiger partial charge < -0.3 is 16.4 Å². The van der Waals surface area contributed by atoms with E-state index in [0.717, 1.165) is 25.2 Å². The first-order chi connectivity index (χ1) is 10.6. The molecule has 2 rings (SSSR count). The maximum atomic E-state index is 12.3. The number of anilines is 1. The monoisotopic (exact) mass is 320 g/mol. The summed E-state index contributed by atoms with van der Waals surface area (Å²) in [4.78, 5) is 3.77. The van der Waals surface area contributed by atoms with Gasteiger partial charge in [-0.3, -0.25) is 0 Å². The molecule has 0 aliphatic carbocycles. The Labute approximate surface area is 130 Å². The summed E-state index contributed by atoms with van der Waals surface area (Å²) in [6.07, 6.45) is 0.00946. The van der Waals surface area contributed by atoms with Crippen molar-refractivity contribution < 1.29 is 13.2 Å². The number of pyridine rings is 1. The number of rotatable bonds is 3. The van der Waals surface area contributed by atoms with E-state index >= 15 is 0 Å². The average molecular weight is 320 g/mol. The van der Waals surface area contributed by atoms with Crippen molar-refractivity contribution in [2.24, 2.45) is 5.73 Å². The molecule has 1 unspecified atom stereocenters. The number of halogens is 3. The van der Waals surface area contributed by atoms with Crippen LogP contribution in [0.3, 0.4) is 0 Å². The Morgan fingerprint density at radius 1 is 1.27 bits per heavy atom. The van der Waals surface area contributed by atoms with Gasteiger partial charge in [-0.15, -0.1) is 0 Å². The fraction of sp³-hybridized carbons (Fsp3) is 0.667. The van der Waals surface area contributed by atoms with Crippen LogP contribution in [0.25, 0.3) is 0 Å². The summed E-state index contributed by atoms with van der Waals surface area (Å²) in [5.74, 6) is 0.482. The van der Waals surface area contributed by atoms with Crippen molar-refractivity contribution in [2.45, 2.75) is 45.3 Å². The summed E-state index contributed by atoms with van der Waals surface area (Å²) in [5, 5.41) is 6.41. The highest BCUT2D eigenvalue weighted by atomic mass is 19.4.